The van der Waals surface area contributed by atoms with Gasteiger partial charge in [0.25, 0.3) is 0 Å². The molecule has 0 saturated heterocycles. The first-order valence-electron chi connectivity index (χ1n) is 6.03. The summed E-state index contributed by atoms with van der Waals surface area (Å²) in [5, 5.41) is 9.33. The molecule has 2 aliphatic rings. The van der Waals surface area contributed by atoms with E-state index < -0.39 is 0 Å². The molecule has 16 heavy (non-hydrogen) atoms. The molecule has 0 amide bonds. The summed E-state index contributed by atoms with van der Waals surface area (Å²) in [5.74, 6) is 0. The molecule has 0 unspecified atom stereocenters. The molecule has 0 atom stereocenters. The van der Waals surface area contributed by atoms with E-state index in [0.29, 0.717) is 5.70 Å². The van der Waals surface area contributed by atoms with Crippen LogP contribution in [0.2, 0.25) is 0 Å². The van der Waals surface area contributed by atoms with Crippen molar-refractivity contribution in [1.29, 1.82) is 5.26 Å². The number of hydrogen-bond donors (Lipinski definition) is 1. The highest BCUT2D eigenvalue weighted by atomic mass is 14.6. The summed E-state index contributed by atoms with van der Waals surface area (Å²) in [5.41, 5.74) is 11.0. The van der Waals surface area contributed by atoms with E-state index in [9.17, 15) is 5.26 Å². The largest absolute Gasteiger partial charge is 0.399 e. The van der Waals surface area contributed by atoms with Gasteiger partial charge in [-0.05, 0) is 56.1 Å². The Hall–Kier alpha value is -1.49. The first kappa shape index (κ1) is 11.0. The molecule has 0 heterocycles. The molecule has 1 saturated carbocycles. The molecule has 0 aliphatic heterocycles. The number of allylic oxidation sites excluding steroid dienone is 4. The number of nitrogens with zero attached hydrogens (tertiary/aromatic N) is 1. The van der Waals surface area contributed by atoms with Gasteiger partial charge in [0.2, 0.25) is 0 Å². The quantitative estimate of drug-likeness (QED) is 0.717. The molecule has 2 aliphatic carbocycles. The fourth-order valence-electron chi connectivity index (χ4n) is 2.79. The van der Waals surface area contributed by atoms with Gasteiger partial charge in [0.15, 0.2) is 0 Å². The molecule has 1 fully saturated rings. The third-order valence-corrected chi connectivity index (χ3v) is 3.58. The van der Waals surface area contributed by atoms with Crippen molar-refractivity contribution in [3.63, 3.8) is 0 Å². The zero-order chi connectivity index (χ0) is 11.5. The lowest BCUT2D eigenvalue weighted by Crippen LogP contribution is -2.01. The van der Waals surface area contributed by atoms with Gasteiger partial charge < -0.3 is 5.73 Å². The first-order valence-corrected chi connectivity index (χ1v) is 6.03. The molecule has 2 heteroatoms. The van der Waals surface area contributed by atoms with Gasteiger partial charge in [-0.1, -0.05) is 12.2 Å². The number of nitriles is 1. The molecule has 0 aromatic carbocycles. The van der Waals surface area contributed by atoms with E-state index in [1.807, 2.05) is 0 Å². The average molecular weight is 214 g/mol. The Kier molecular flexibility index (Phi) is 3.14. The van der Waals surface area contributed by atoms with Gasteiger partial charge >= 0.3 is 0 Å². The van der Waals surface area contributed by atoms with Crippen molar-refractivity contribution < 1.29 is 0 Å². The van der Waals surface area contributed by atoms with Gasteiger partial charge in [0.05, 0.1) is 11.6 Å². The predicted octanol–water partition coefficient (Wildman–Crippen LogP) is 3.33. The van der Waals surface area contributed by atoms with Crippen LogP contribution in [0.15, 0.2) is 34.6 Å². The smallest absolute Gasteiger partial charge is 0.0994 e. The maximum Gasteiger partial charge on any atom is 0.0994 e. The SMILES string of the molecule is C=C(N)C1=C(C(C#N)=C2CCCC2)CCC1. The van der Waals surface area contributed by atoms with Gasteiger partial charge in [-0.2, -0.15) is 5.26 Å². The van der Waals surface area contributed by atoms with Crippen LogP contribution in [0, 0.1) is 11.3 Å². The Labute approximate surface area is 97.1 Å². The molecule has 0 radical (unpaired) electrons. The summed E-state index contributed by atoms with van der Waals surface area (Å²) in [6.45, 7) is 3.82. The first-order chi connectivity index (χ1) is 7.74. The van der Waals surface area contributed by atoms with Crippen molar-refractivity contribution in [1.82, 2.24) is 0 Å². The van der Waals surface area contributed by atoms with Crippen LogP contribution in [0.5, 0.6) is 0 Å². The molecule has 0 spiro atoms. The second kappa shape index (κ2) is 4.57. The Morgan fingerprint density at radius 1 is 1.06 bits per heavy atom. The zero-order valence-corrected chi connectivity index (χ0v) is 9.68. The Morgan fingerprint density at radius 3 is 2.25 bits per heavy atom. The second-order valence-electron chi connectivity index (χ2n) is 4.63. The van der Waals surface area contributed by atoms with E-state index in [-0.39, 0.29) is 0 Å². The van der Waals surface area contributed by atoms with Gasteiger partial charge in [-0.3, -0.25) is 0 Å². The van der Waals surface area contributed by atoms with Crippen LogP contribution < -0.4 is 5.73 Å². The van der Waals surface area contributed by atoms with Crippen LogP contribution in [0.1, 0.15) is 44.9 Å². The standard InChI is InChI=1S/C14H18N2/c1-10(16)12-7-4-8-13(12)14(9-15)11-5-2-3-6-11/h1-8,16H2. The number of hydrogen-bond acceptors (Lipinski definition) is 2. The van der Waals surface area contributed by atoms with Crippen LogP contribution in [-0.2, 0) is 0 Å². The highest BCUT2D eigenvalue weighted by molar-refractivity contribution is 5.53. The number of rotatable bonds is 2. The highest BCUT2D eigenvalue weighted by Crippen LogP contribution is 2.38. The van der Waals surface area contributed by atoms with Crippen LogP contribution >= 0.6 is 0 Å². The summed E-state index contributed by atoms with van der Waals surface area (Å²) in [7, 11) is 0. The van der Waals surface area contributed by atoms with Crippen molar-refractivity contribution in [2.45, 2.75) is 44.9 Å². The van der Waals surface area contributed by atoms with Gasteiger partial charge in [-0.25, -0.2) is 0 Å². The topological polar surface area (TPSA) is 49.8 Å². The summed E-state index contributed by atoms with van der Waals surface area (Å²) in [6.07, 6.45) is 7.74. The molecule has 2 rings (SSSR count). The van der Waals surface area contributed by atoms with E-state index in [0.717, 1.165) is 43.3 Å². The van der Waals surface area contributed by atoms with Crippen molar-refractivity contribution in [2.24, 2.45) is 5.73 Å². The molecule has 2 N–H and O–H groups in total. The van der Waals surface area contributed by atoms with E-state index in [1.165, 1.54) is 24.0 Å². The fraction of sp³-hybridized carbons (Fsp3) is 0.500. The molecule has 84 valence electrons. The minimum atomic E-state index is 0.652. The third kappa shape index (κ3) is 1.90. The van der Waals surface area contributed by atoms with E-state index in [2.05, 4.69) is 12.6 Å². The van der Waals surface area contributed by atoms with Crippen molar-refractivity contribution in [3.05, 3.63) is 34.6 Å². The Balaban J connectivity index is 2.42. The van der Waals surface area contributed by atoms with Crippen molar-refractivity contribution in [3.8, 4) is 6.07 Å². The van der Waals surface area contributed by atoms with Crippen LogP contribution in [0.4, 0.5) is 0 Å². The number of nitrogens with two attached hydrogens (primary N) is 1. The fourth-order valence-corrected chi connectivity index (χ4v) is 2.79. The van der Waals surface area contributed by atoms with Gasteiger partial charge in [-0.15, -0.1) is 0 Å². The lowest BCUT2D eigenvalue weighted by Gasteiger charge is -2.08. The molecular formula is C14H18N2. The summed E-state index contributed by atoms with van der Waals surface area (Å²) >= 11 is 0. The van der Waals surface area contributed by atoms with E-state index >= 15 is 0 Å². The summed E-state index contributed by atoms with van der Waals surface area (Å²) < 4.78 is 0. The maximum absolute atomic E-state index is 9.33. The summed E-state index contributed by atoms with van der Waals surface area (Å²) in [4.78, 5) is 0. The van der Waals surface area contributed by atoms with Crippen LogP contribution in [0.3, 0.4) is 0 Å². The van der Waals surface area contributed by atoms with Crippen molar-refractivity contribution in [2.75, 3.05) is 0 Å². The van der Waals surface area contributed by atoms with Gasteiger partial charge in [0.1, 0.15) is 0 Å². The highest BCUT2D eigenvalue weighted by Gasteiger charge is 2.22. The molecular weight excluding hydrogens is 196 g/mol. The van der Waals surface area contributed by atoms with E-state index in [4.69, 9.17) is 5.73 Å². The van der Waals surface area contributed by atoms with E-state index in [1.54, 1.807) is 0 Å². The average Bonchev–Trinajstić information content (AvgIpc) is 2.88. The Morgan fingerprint density at radius 2 is 1.69 bits per heavy atom. The molecule has 2 nitrogen and oxygen atoms in total. The van der Waals surface area contributed by atoms with Crippen LogP contribution in [0.25, 0.3) is 0 Å². The minimum Gasteiger partial charge on any atom is -0.399 e. The molecule has 0 bridgehead atoms. The maximum atomic E-state index is 9.33. The second-order valence-corrected chi connectivity index (χ2v) is 4.63. The van der Waals surface area contributed by atoms with Gasteiger partial charge in [0, 0.05) is 5.70 Å². The monoisotopic (exact) mass is 214 g/mol. The normalized spacial score (nSPS) is 20.1. The lowest BCUT2D eigenvalue weighted by molar-refractivity contribution is 0.886. The zero-order valence-electron chi connectivity index (χ0n) is 9.68. The third-order valence-electron chi connectivity index (χ3n) is 3.58. The lowest BCUT2D eigenvalue weighted by atomic mass is 9.96. The molecule has 0 aromatic heterocycles. The molecule has 0 aromatic rings. The Bertz CT molecular complexity index is 411. The summed E-state index contributed by atoms with van der Waals surface area (Å²) in [6, 6.07) is 2.40. The minimum absolute atomic E-state index is 0.652. The predicted molar refractivity (Wildman–Crippen MR) is 65.3 cm³/mol. The van der Waals surface area contributed by atoms with Crippen molar-refractivity contribution >= 4 is 0 Å². The van der Waals surface area contributed by atoms with Crippen LogP contribution in [-0.4, -0.2) is 0 Å².